The summed E-state index contributed by atoms with van der Waals surface area (Å²) in [7, 11) is 0. The Labute approximate surface area is 111 Å². The van der Waals surface area contributed by atoms with E-state index in [0.29, 0.717) is 13.0 Å². The molecule has 0 spiro atoms. The van der Waals surface area contributed by atoms with Crippen molar-refractivity contribution in [1.82, 2.24) is 0 Å². The highest BCUT2D eigenvalue weighted by atomic mass is 19.4. The average molecular weight is 275 g/mol. The van der Waals surface area contributed by atoms with Crippen LogP contribution in [0.2, 0.25) is 0 Å². The summed E-state index contributed by atoms with van der Waals surface area (Å²) in [6.45, 7) is 5.81. The number of hydrogen-bond acceptors (Lipinski definition) is 2. The van der Waals surface area contributed by atoms with Crippen molar-refractivity contribution in [3.8, 4) is 0 Å². The van der Waals surface area contributed by atoms with E-state index in [1.807, 2.05) is 6.92 Å². The Hall–Kier alpha value is -1.07. The van der Waals surface area contributed by atoms with E-state index in [0.717, 1.165) is 6.07 Å². The highest BCUT2D eigenvalue weighted by Crippen LogP contribution is 2.38. The first-order valence-electron chi connectivity index (χ1n) is 6.32. The molecule has 0 aliphatic carbocycles. The lowest BCUT2D eigenvalue weighted by Crippen LogP contribution is -2.41. The van der Waals surface area contributed by atoms with E-state index in [-0.39, 0.29) is 5.56 Å². The molecule has 2 nitrogen and oxygen atoms in total. The summed E-state index contributed by atoms with van der Waals surface area (Å²) in [6.07, 6.45) is -3.87. The van der Waals surface area contributed by atoms with Gasteiger partial charge in [0.2, 0.25) is 0 Å². The molecule has 19 heavy (non-hydrogen) atoms. The van der Waals surface area contributed by atoms with Crippen molar-refractivity contribution in [3.05, 3.63) is 35.4 Å². The first-order valence-corrected chi connectivity index (χ1v) is 6.32. The SMILES string of the molecule is CCOC(C)(CC)C(N)c1ccccc1C(F)(F)F. The molecule has 2 unspecified atom stereocenters. The molecule has 5 heteroatoms. The molecule has 1 aromatic carbocycles. The van der Waals surface area contributed by atoms with Gasteiger partial charge < -0.3 is 10.5 Å². The topological polar surface area (TPSA) is 35.2 Å². The molecule has 0 saturated carbocycles. The molecule has 108 valence electrons. The van der Waals surface area contributed by atoms with Crippen molar-refractivity contribution in [2.75, 3.05) is 6.61 Å². The Balaban J connectivity index is 3.22. The molecule has 0 fully saturated rings. The molecule has 2 atom stereocenters. The summed E-state index contributed by atoms with van der Waals surface area (Å²) in [5.74, 6) is 0. The highest BCUT2D eigenvalue weighted by molar-refractivity contribution is 5.33. The van der Waals surface area contributed by atoms with Crippen molar-refractivity contribution < 1.29 is 17.9 Å². The average Bonchev–Trinajstić information content (AvgIpc) is 2.37. The molecule has 1 rings (SSSR count). The fraction of sp³-hybridized carbons (Fsp3) is 0.571. The molecule has 0 amide bonds. The zero-order valence-electron chi connectivity index (χ0n) is 11.4. The monoisotopic (exact) mass is 275 g/mol. The van der Waals surface area contributed by atoms with Crippen LogP contribution in [0, 0.1) is 0 Å². The minimum absolute atomic E-state index is 0.0767. The maximum atomic E-state index is 13.0. The van der Waals surface area contributed by atoms with Crippen molar-refractivity contribution in [3.63, 3.8) is 0 Å². The minimum atomic E-state index is -4.41. The van der Waals surface area contributed by atoms with Gasteiger partial charge in [-0.25, -0.2) is 0 Å². The predicted molar refractivity (Wildman–Crippen MR) is 68.7 cm³/mol. The van der Waals surface area contributed by atoms with Crippen LogP contribution >= 0.6 is 0 Å². The number of nitrogens with two attached hydrogens (primary N) is 1. The number of alkyl halides is 3. The third-order valence-corrected chi connectivity index (χ3v) is 3.44. The molecular formula is C14H20F3NO. The van der Waals surface area contributed by atoms with Crippen LogP contribution in [0.5, 0.6) is 0 Å². The molecule has 1 aromatic rings. The molecule has 0 saturated heterocycles. The standard InChI is InChI=1S/C14H20F3NO/c1-4-13(3,19-5-2)12(18)10-8-6-7-9-11(10)14(15,16)17/h6-9,12H,4-5,18H2,1-3H3. The zero-order chi connectivity index (χ0) is 14.7. The van der Waals surface area contributed by atoms with Gasteiger partial charge in [0, 0.05) is 6.61 Å². The van der Waals surface area contributed by atoms with Gasteiger partial charge in [0.1, 0.15) is 0 Å². The van der Waals surface area contributed by atoms with E-state index < -0.39 is 23.4 Å². The molecule has 0 radical (unpaired) electrons. The zero-order valence-corrected chi connectivity index (χ0v) is 11.4. The quantitative estimate of drug-likeness (QED) is 0.884. The van der Waals surface area contributed by atoms with Crippen LogP contribution in [0.4, 0.5) is 13.2 Å². The van der Waals surface area contributed by atoms with Gasteiger partial charge in [0.15, 0.2) is 0 Å². The third-order valence-electron chi connectivity index (χ3n) is 3.44. The van der Waals surface area contributed by atoms with Crippen molar-refractivity contribution >= 4 is 0 Å². The largest absolute Gasteiger partial charge is 0.416 e. The summed E-state index contributed by atoms with van der Waals surface area (Å²) < 4.78 is 44.5. The Morgan fingerprint density at radius 1 is 1.21 bits per heavy atom. The molecule has 0 aliphatic rings. The van der Waals surface area contributed by atoms with Crippen LogP contribution < -0.4 is 5.73 Å². The maximum Gasteiger partial charge on any atom is 0.416 e. The Morgan fingerprint density at radius 2 is 1.79 bits per heavy atom. The van der Waals surface area contributed by atoms with Crippen LogP contribution in [-0.2, 0) is 10.9 Å². The van der Waals surface area contributed by atoms with Crippen LogP contribution in [0.15, 0.2) is 24.3 Å². The van der Waals surface area contributed by atoms with Gasteiger partial charge in [0.25, 0.3) is 0 Å². The first-order chi connectivity index (χ1) is 8.76. The lowest BCUT2D eigenvalue weighted by atomic mass is 9.86. The lowest BCUT2D eigenvalue weighted by molar-refractivity contribution is -0.139. The smallest absolute Gasteiger partial charge is 0.374 e. The Morgan fingerprint density at radius 3 is 2.26 bits per heavy atom. The van der Waals surface area contributed by atoms with Crippen LogP contribution in [-0.4, -0.2) is 12.2 Å². The second-order valence-corrected chi connectivity index (χ2v) is 4.66. The number of halogens is 3. The van der Waals surface area contributed by atoms with E-state index in [1.54, 1.807) is 19.9 Å². The summed E-state index contributed by atoms with van der Waals surface area (Å²) in [5, 5.41) is 0. The number of hydrogen-bond donors (Lipinski definition) is 1. The number of ether oxygens (including phenoxy) is 1. The van der Waals surface area contributed by atoms with Gasteiger partial charge in [-0.3, -0.25) is 0 Å². The molecule has 0 heterocycles. The fourth-order valence-electron chi connectivity index (χ4n) is 2.10. The first kappa shape index (κ1) is 16.0. The van der Waals surface area contributed by atoms with Gasteiger partial charge in [0.05, 0.1) is 17.2 Å². The Bertz CT molecular complexity index is 419. The van der Waals surface area contributed by atoms with Gasteiger partial charge in [-0.1, -0.05) is 25.1 Å². The summed E-state index contributed by atoms with van der Waals surface area (Å²) >= 11 is 0. The number of benzene rings is 1. The molecule has 0 aromatic heterocycles. The lowest BCUT2D eigenvalue weighted by Gasteiger charge is -2.35. The second-order valence-electron chi connectivity index (χ2n) is 4.66. The summed E-state index contributed by atoms with van der Waals surface area (Å²) in [6, 6.07) is 4.57. The maximum absolute atomic E-state index is 13.0. The van der Waals surface area contributed by atoms with Crippen LogP contribution in [0.25, 0.3) is 0 Å². The minimum Gasteiger partial charge on any atom is -0.374 e. The van der Waals surface area contributed by atoms with Crippen molar-refractivity contribution in [2.45, 2.75) is 45.0 Å². The van der Waals surface area contributed by atoms with E-state index in [4.69, 9.17) is 10.5 Å². The molecule has 2 N–H and O–H groups in total. The normalized spacial score (nSPS) is 17.0. The number of rotatable bonds is 5. The van der Waals surface area contributed by atoms with Gasteiger partial charge >= 0.3 is 6.18 Å². The van der Waals surface area contributed by atoms with Crippen molar-refractivity contribution in [1.29, 1.82) is 0 Å². The third kappa shape index (κ3) is 3.48. The van der Waals surface area contributed by atoms with Crippen LogP contribution in [0.3, 0.4) is 0 Å². The van der Waals surface area contributed by atoms with Gasteiger partial charge in [-0.05, 0) is 31.9 Å². The van der Waals surface area contributed by atoms with Gasteiger partial charge in [-0.2, -0.15) is 13.2 Å². The summed E-state index contributed by atoms with van der Waals surface area (Å²) in [5.41, 5.74) is 4.62. The van der Waals surface area contributed by atoms with Crippen molar-refractivity contribution in [2.24, 2.45) is 5.73 Å². The predicted octanol–water partition coefficient (Wildman–Crippen LogP) is 3.91. The molecular weight excluding hydrogens is 255 g/mol. The molecule has 0 bridgehead atoms. The van der Waals surface area contributed by atoms with E-state index in [2.05, 4.69) is 0 Å². The fourth-order valence-corrected chi connectivity index (χ4v) is 2.10. The highest BCUT2D eigenvalue weighted by Gasteiger charge is 2.39. The van der Waals surface area contributed by atoms with E-state index >= 15 is 0 Å². The van der Waals surface area contributed by atoms with Gasteiger partial charge in [-0.15, -0.1) is 0 Å². The van der Waals surface area contributed by atoms with E-state index in [1.165, 1.54) is 12.1 Å². The summed E-state index contributed by atoms with van der Waals surface area (Å²) in [4.78, 5) is 0. The Kier molecular flexibility index (Phi) is 4.98. The van der Waals surface area contributed by atoms with E-state index in [9.17, 15) is 13.2 Å². The molecule has 0 aliphatic heterocycles. The second kappa shape index (κ2) is 5.92. The van der Waals surface area contributed by atoms with Crippen LogP contribution in [0.1, 0.15) is 44.4 Å².